The zero-order valence-electron chi connectivity index (χ0n) is 15.2. The average molecular weight is 363 g/mol. The van der Waals surface area contributed by atoms with Crippen LogP contribution in [0.2, 0.25) is 0 Å². The first-order valence-corrected chi connectivity index (χ1v) is 9.22. The Bertz CT molecular complexity index is 665. The molecule has 0 aromatic carbocycles. The van der Waals surface area contributed by atoms with E-state index in [0.717, 1.165) is 0 Å². The Morgan fingerprint density at radius 1 is 1.35 bits per heavy atom. The van der Waals surface area contributed by atoms with Crippen molar-refractivity contribution < 1.29 is 23.9 Å². The summed E-state index contributed by atoms with van der Waals surface area (Å²) in [6.45, 7) is 5.11. The van der Waals surface area contributed by atoms with Crippen molar-refractivity contribution in [3.05, 3.63) is 12.2 Å². The Labute approximate surface area is 152 Å². The maximum absolute atomic E-state index is 13.2. The second-order valence-electron chi connectivity index (χ2n) is 7.39. The molecular weight excluding hydrogens is 338 g/mol. The first-order valence-electron chi connectivity index (χ1n) is 9.22. The minimum atomic E-state index is -0.703. The Kier molecular flexibility index (Phi) is 4.27. The van der Waals surface area contributed by atoms with Gasteiger partial charge in [0.25, 0.3) is 0 Å². The number of rotatable bonds is 5. The summed E-state index contributed by atoms with van der Waals surface area (Å²) in [5, 5.41) is 0. The third kappa shape index (κ3) is 2.46. The van der Waals surface area contributed by atoms with Gasteiger partial charge in [0, 0.05) is 33.3 Å². The number of piperazine rings is 1. The smallest absolute Gasteiger partial charge is 0.242 e. The van der Waals surface area contributed by atoms with E-state index in [1.807, 2.05) is 19.1 Å². The van der Waals surface area contributed by atoms with Crippen LogP contribution in [0.25, 0.3) is 0 Å². The van der Waals surface area contributed by atoms with Crippen molar-refractivity contribution in [3.63, 3.8) is 0 Å². The number of carbonyl (C=O) groups is 3. The summed E-state index contributed by atoms with van der Waals surface area (Å²) in [5.74, 6) is -1.27. The van der Waals surface area contributed by atoms with Crippen molar-refractivity contribution in [3.8, 4) is 0 Å². The molecule has 3 fully saturated rings. The predicted octanol–water partition coefficient (Wildman–Crippen LogP) is -0.894. The summed E-state index contributed by atoms with van der Waals surface area (Å²) in [4.78, 5) is 43.4. The fraction of sp³-hybridized carbons (Fsp3) is 0.722. The Balaban J connectivity index is 1.53. The van der Waals surface area contributed by atoms with Crippen molar-refractivity contribution in [1.29, 1.82) is 0 Å². The second kappa shape index (κ2) is 6.35. The number of nitrogens with zero attached hydrogens (tertiary/aromatic N) is 3. The van der Waals surface area contributed by atoms with Gasteiger partial charge >= 0.3 is 0 Å². The van der Waals surface area contributed by atoms with Crippen LogP contribution in [0.3, 0.4) is 0 Å². The van der Waals surface area contributed by atoms with Crippen LogP contribution in [0.15, 0.2) is 12.2 Å². The van der Waals surface area contributed by atoms with E-state index in [-0.39, 0.29) is 30.4 Å². The van der Waals surface area contributed by atoms with E-state index in [9.17, 15) is 14.4 Å². The summed E-state index contributed by atoms with van der Waals surface area (Å²) in [7, 11) is 1.60. The molecule has 0 unspecified atom stereocenters. The van der Waals surface area contributed by atoms with Crippen molar-refractivity contribution in [2.24, 2.45) is 11.8 Å². The van der Waals surface area contributed by atoms with Gasteiger partial charge in [-0.2, -0.15) is 0 Å². The lowest BCUT2D eigenvalue weighted by Gasteiger charge is -2.36. The van der Waals surface area contributed by atoms with Crippen LogP contribution in [-0.4, -0.2) is 97.1 Å². The van der Waals surface area contributed by atoms with Crippen LogP contribution in [-0.2, 0) is 23.9 Å². The van der Waals surface area contributed by atoms with Crippen LogP contribution in [0, 0.1) is 11.8 Å². The lowest BCUT2D eigenvalue weighted by atomic mass is 9.76. The van der Waals surface area contributed by atoms with Gasteiger partial charge in [-0.25, -0.2) is 0 Å². The van der Waals surface area contributed by atoms with Gasteiger partial charge in [-0.05, 0) is 6.92 Å². The molecule has 142 valence electrons. The Hall–Kier alpha value is -1.93. The minimum Gasteiger partial charge on any atom is -0.383 e. The van der Waals surface area contributed by atoms with Gasteiger partial charge in [0.05, 0.1) is 37.6 Å². The normalized spacial score (nSPS) is 35.6. The molecule has 1 spiro atoms. The molecule has 8 heteroatoms. The monoisotopic (exact) mass is 363 g/mol. The number of methoxy groups -OCH3 is 1. The zero-order chi connectivity index (χ0) is 18.5. The highest BCUT2D eigenvalue weighted by molar-refractivity contribution is 5.94. The van der Waals surface area contributed by atoms with E-state index >= 15 is 0 Å². The van der Waals surface area contributed by atoms with Crippen LogP contribution in [0.5, 0.6) is 0 Å². The SMILES string of the molecule is CCN1CCN(C(=O)[C@@H]2[C@@H]3C=C[C@@]4(CN(CCOC)C(=O)[C@H]24)O3)CC1=O. The summed E-state index contributed by atoms with van der Waals surface area (Å²) < 4.78 is 11.2. The lowest BCUT2D eigenvalue weighted by molar-refractivity contribution is -0.150. The van der Waals surface area contributed by atoms with Gasteiger partial charge in [-0.15, -0.1) is 0 Å². The molecular formula is C18H25N3O5. The lowest BCUT2D eigenvalue weighted by Crippen LogP contribution is -2.55. The molecule has 0 N–H and O–H groups in total. The molecule has 26 heavy (non-hydrogen) atoms. The Morgan fingerprint density at radius 3 is 2.85 bits per heavy atom. The van der Waals surface area contributed by atoms with Gasteiger partial charge in [0.15, 0.2) is 0 Å². The van der Waals surface area contributed by atoms with Gasteiger partial charge < -0.3 is 24.2 Å². The summed E-state index contributed by atoms with van der Waals surface area (Å²) in [6.07, 6.45) is 3.47. The van der Waals surface area contributed by atoms with E-state index in [2.05, 4.69) is 0 Å². The van der Waals surface area contributed by atoms with Crippen molar-refractivity contribution in [2.45, 2.75) is 18.6 Å². The quantitative estimate of drug-likeness (QED) is 0.592. The van der Waals surface area contributed by atoms with Crippen LogP contribution in [0.1, 0.15) is 6.92 Å². The fourth-order valence-corrected chi connectivity index (χ4v) is 4.69. The van der Waals surface area contributed by atoms with Gasteiger partial charge in [0.1, 0.15) is 5.60 Å². The molecule has 0 radical (unpaired) electrons. The molecule has 4 aliphatic rings. The van der Waals surface area contributed by atoms with Crippen molar-refractivity contribution >= 4 is 17.7 Å². The summed E-state index contributed by atoms with van der Waals surface area (Å²) >= 11 is 0. The molecule has 4 atom stereocenters. The number of carbonyl (C=O) groups excluding carboxylic acids is 3. The van der Waals surface area contributed by atoms with Crippen molar-refractivity contribution in [1.82, 2.24) is 14.7 Å². The molecule has 2 bridgehead atoms. The molecule has 4 heterocycles. The largest absolute Gasteiger partial charge is 0.383 e. The average Bonchev–Trinajstić information content (AvgIpc) is 3.27. The van der Waals surface area contributed by atoms with Gasteiger partial charge in [-0.1, -0.05) is 12.2 Å². The number of likely N-dealkylation sites (N-methyl/N-ethyl adjacent to an activating group) is 1. The van der Waals surface area contributed by atoms with Crippen LogP contribution >= 0.6 is 0 Å². The Morgan fingerprint density at radius 2 is 2.15 bits per heavy atom. The summed E-state index contributed by atoms with van der Waals surface area (Å²) in [5.41, 5.74) is -0.703. The fourth-order valence-electron chi connectivity index (χ4n) is 4.69. The third-order valence-corrected chi connectivity index (χ3v) is 6.04. The molecule has 0 aromatic rings. The molecule has 4 rings (SSSR count). The topological polar surface area (TPSA) is 79.4 Å². The molecule has 0 aromatic heterocycles. The molecule has 0 aliphatic carbocycles. The van der Waals surface area contributed by atoms with E-state index in [1.54, 1.807) is 21.8 Å². The highest BCUT2D eigenvalue weighted by atomic mass is 16.5. The van der Waals surface area contributed by atoms with E-state index < -0.39 is 17.4 Å². The maximum atomic E-state index is 13.2. The zero-order valence-corrected chi connectivity index (χ0v) is 15.2. The van der Waals surface area contributed by atoms with Crippen LogP contribution < -0.4 is 0 Å². The van der Waals surface area contributed by atoms with Gasteiger partial charge in [0.2, 0.25) is 17.7 Å². The number of fused-ring (bicyclic) bond motifs is 1. The van der Waals surface area contributed by atoms with Crippen molar-refractivity contribution in [2.75, 3.05) is 53.0 Å². The molecule has 0 saturated carbocycles. The molecule has 3 amide bonds. The first-order chi connectivity index (χ1) is 12.5. The van der Waals surface area contributed by atoms with Crippen LogP contribution in [0.4, 0.5) is 0 Å². The number of hydrogen-bond donors (Lipinski definition) is 0. The predicted molar refractivity (Wildman–Crippen MR) is 91.0 cm³/mol. The summed E-state index contributed by atoms with van der Waals surface area (Å²) in [6, 6.07) is 0. The highest BCUT2D eigenvalue weighted by Crippen LogP contribution is 2.52. The van der Waals surface area contributed by atoms with Gasteiger partial charge in [-0.3, -0.25) is 14.4 Å². The molecule has 8 nitrogen and oxygen atoms in total. The number of likely N-dealkylation sites (tertiary alicyclic amines) is 1. The number of hydrogen-bond acceptors (Lipinski definition) is 5. The first kappa shape index (κ1) is 17.5. The molecule has 3 saturated heterocycles. The number of amides is 3. The van der Waals surface area contributed by atoms with E-state index in [0.29, 0.717) is 39.3 Å². The highest BCUT2D eigenvalue weighted by Gasteiger charge is 2.67. The molecule has 4 aliphatic heterocycles. The minimum absolute atomic E-state index is 0.0408. The standard InChI is InChI=1S/C18H25N3O5/c1-3-19-6-7-20(10-13(19)22)16(23)14-12-4-5-18(26-12)11-21(8-9-25-2)17(24)15(14)18/h4-5,12,14-15H,3,6-11H2,1-2H3/t12-,14+,15-,18-/m0/s1. The maximum Gasteiger partial charge on any atom is 0.242 e. The third-order valence-electron chi connectivity index (χ3n) is 6.04. The van der Waals surface area contributed by atoms with E-state index in [1.165, 1.54) is 0 Å². The van der Waals surface area contributed by atoms with E-state index in [4.69, 9.17) is 9.47 Å². The second-order valence-corrected chi connectivity index (χ2v) is 7.39. The number of ether oxygens (including phenoxy) is 2.